The standard InChI is InChI=1S/C17H26N4.HI/c1-14(2)12-19-17(18)20-13-16(21-10-6-7-11-21)15-8-4-3-5-9-15;/h3-5,8-9,16H,1,6-7,10-13H2,2H3,(H3,18,19,20);1H. The van der Waals surface area contributed by atoms with Crippen LogP contribution >= 0.6 is 24.0 Å². The number of nitrogens with two attached hydrogens (primary N) is 1. The first-order valence-corrected chi connectivity index (χ1v) is 7.64. The van der Waals surface area contributed by atoms with Crippen LogP contribution in [0.5, 0.6) is 0 Å². The van der Waals surface area contributed by atoms with E-state index in [0.717, 1.165) is 18.7 Å². The zero-order valence-electron chi connectivity index (χ0n) is 13.3. The van der Waals surface area contributed by atoms with E-state index in [2.05, 4.69) is 52.1 Å². The third-order valence-corrected chi connectivity index (χ3v) is 3.77. The Morgan fingerprint density at radius 1 is 1.32 bits per heavy atom. The maximum atomic E-state index is 5.93. The molecule has 122 valence electrons. The smallest absolute Gasteiger partial charge is 0.188 e. The summed E-state index contributed by atoms with van der Waals surface area (Å²) < 4.78 is 0. The minimum atomic E-state index is 0. The Balaban J connectivity index is 0.00000242. The number of benzene rings is 1. The number of nitrogens with one attached hydrogen (secondary N) is 1. The number of hydrogen-bond acceptors (Lipinski definition) is 2. The molecule has 0 radical (unpaired) electrons. The van der Waals surface area contributed by atoms with Crippen LogP contribution in [0.2, 0.25) is 0 Å². The van der Waals surface area contributed by atoms with Crippen molar-refractivity contribution in [3.63, 3.8) is 0 Å². The van der Waals surface area contributed by atoms with Crippen molar-refractivity contribution in [2.45, 2.75) is 25.8 Å². The van der Waals surface area contributed by atoms with Gasteiger partial charge in [-0.3, -0.25) is 9.89 Å². The van der Waals surface area contributed by atoms with Gasteiger partial charge in [-0.15, -0.1) is 24.0 Å². The summed E-state index contributed by atoms with van der Waals surface area (Å²) in [4.78, 5) is 7.02. The van der Waals surface area contributed by atoms with Gasteiger partial charge in [0, 0.05) is 6.54 Å². The van der Waals surface area contributed by atoms with E-state index >= 15 is 0 Å². The van der Waals surface area contributed by atoms with Crippen LogP contribution in [0.1, 0.15) is 31.4 Å². The number of guanidine groups is 1. The van der Waals surface area contributed by atoms with Gasteiger partial charge in [-0.1, -0.05) is 42.5 Å². The first-order chi connectivity index (χ1) is 10.2. The SMILES string of the molecule is C=C(C)CNC(N)=NCC(c1ccccc1)N1CCCC1.I. The van der Waals surface area contributed by atoms with Gasteiger partial charge in [-0.2, -0.15) is 0 Å². The van der Waals surface area contributed by atoms with Crippen LogP contribution in [-0.4, -0.2) is 37.0 Å². The molecule has 0 bridgehead atoms. The van der Waals surface area contributed by atoms with Crippen LogP contribution in [0.3, 0.4) is 0 Å². The highest BCUT2D eigenvalue weighted by Gasteiger charge is 2.22. The zero-order chi connectivity index (χ0) is 15.1. The number of likely N-dealkylation sites (tertiary alicyclic amines) is 1. The Labute approximate surface area is 150 Å². The highest BCUT2D eigenvalue weighted by molar-refractivity contribution is 14.0. The van der Waals surface area contributed by atoms with Crippen LogP contribution in [0.25, 0.3) is 0 Å². The summed E-state index contributed by atoms with van der Waals surface area (Å²) in [7, 11) is 0. The summed E-state index contributed by atoms with van der Waals surface area (Å²) in [5.74, 6) is 0.498. The topological polar surface area (TPSA) is 53.6 Å². The van der Waals surface area contributed by atoms with Crippen molar-refractivity contribution in [2.24, 2.45) is 10.7 Å². The van der Waals surface area contributed by atoms with E-state index in [1.54, 1.807) is 0 Å². The first-order valence-electron chi connectivity index (χ1n) is 7.64. The second-order valence-electron chi connectivity index (χ2n) is 5.71. The van der Waals surface area contributed by atoms with Crippen molar-refractivity contribution in [3.05, 3.63) is 48.0 Å². The largest absolute Gasteiger partial charge is 0.370 e. The van der Waals surface area contributed by atoms with Gasteiger partial charge in [0.1, 0.15) is 0 Å². The van der Waals surface area contributed by atoms with Crippen molar-refractivity contribution >= 4 is 29.9 Å². The molecule has 0 aliphatic carbocycles. The quantitative estimate of drug-likeness (QED) is 0.326. The van der Waals surface area contributed by atoms with E-state index < -0.39 is 0 Å². The van der Waals surface area contributed by atoms with E-state index in [4.69, 9.17) is 5.73 Å². The van der Waals surface area contributed by atoms with E-state index in [-0.39, 0.29) is 24.0 Å². The van der Waals surface area contributed by atoms with Crippen molar-refractivity contribution < 1.29 is 0 Å². The lowest BCUT2D eigenvalue weighted by atomic mass is 10.1. The highest BCUT2D eigenvalue weighted by Crippen LogP contribution is 2.25. The van der Waals surface area contributed by atoms with Gasteiger partial charge in [-0.25, -0.2) is 0 Å². The Morgan fingerprint density at radius 2 is 1.95 bits per heavy atom. The molecule has 0 spiro atoms. The molecule has 1 aromatic carbocycles. The summed E-state index contributed by atoms with van der Waals surface area (Å²) in [6, 6.07) is 10.9. The third kappa shape index (κ3) is 5.96. The van der Waals surface area contributed by atoms with E-state index in [0.29, 0.717) is 25.1 Å². The molecule has 1 saturated heterocycles. The molecule has 0 aromatic heterocycles. The average Bonchev–Trinajstić information content (AvgIpc) is 3.00. The van der Waals surface area contributed by atoms with Crippen molar-refractivity contribution in [1.29, 1.82) is 0 Å². The minimum absolute atomic E-state index is 0. The molecule has 2 rings (SSSR count). The van der Waals surface area contributed by atoms with Crippen LogP contribution in [0.15, 0.2) is 47.5 Å². The highest BCUT2D eigenvalue weighted by atomic mass is 127. The van der Waals surface area contributed by atoms with Crippen molar-refractivity contribution in [1.82, 2.24) is 10.2 Å². The Bertz CT molecular complexity index is 481. The minimum Gasteiger partial charge on any atom is -0.370 e. The Hall–Kier alpha value is -1.08. The average molecular weight is 414 g/mol. The molecule has 4 nitrogen and oxygen atoms in total. The van der Waals surface area contributed by atoms with Gasteiger partial charge in [0.15, 0.2) is 5.96 Å². The van der Waals surface area contributed by atoms with Gasteiger partial charge in [0.2, 0.25) is 0 Å². The molecule has 1 aliphatic heterocycles. The fraction of sp³-hybridized carbons (Fsp3) is 0.471. The zero-order valence-corrected chi connectivity index (χ0v) is 15.6. The van der Waals surface area contributed by atoms with Crippen molar-refractivity contribution in [3.8, 4) is 0 Å². The number of nitrogens with zero attached hydrogens (tertiary/aromatic N) is 2. The summed E-state index contributed by atoms with van der Waals surface area (Å²) >= 11 is 0. The van der Waals surface area contributed by atoms with E-state index in [1.165, 1.54) is 18.4 Å². The molecule has 1 aromatic rings. The van der Waals surface area contributed by atoms with Gasteiger partial charge in [0.05, 0.1) is 12.6 Å². The predicted octanol–water partition coefficient (Wildman–Crippen LogP) is 2.92. The molecular weight excluding hydrogens is 387 g/mol. The van der Waals surface area contributed by atoms with E-state index in [1.807, 2.05) is 6.92 Å². The Kier molecular flexibility index (Phi) is 8.48. The molecule has 3 N–H and O–H groups in total. The molecule has 1 atom stereocenters. The molecule has 1 aliphatic rings. The molecule has 0 saturated carbocycles. The normalized spacial score (nSPS) is 16.9. The maximum Gasteiger partial charge on any atom is 0.188 e. The molecule has 1 heterocycles. The number of aliphatic imine (C=N–C) groups is 1. The van der Waals surface area contributed by atoms with Gasteiger partial charge < -0.3 is 11.1 Å². The molecule has 1 fully saturated rings. The molecule has 22 heavy (non-hydrogen) atoms. The van der Waals surface area contributed by atoms with Gasteiger partial charge >= 0.3 is 0 Å². The van der Waals surface area contributed by atoms with Crippen LogP contribution in [-0.2, 0) is 0 Å². The van der Waals surface area contributed by atoms with Gasteiger partial charge in [0.25, 0.3) is 0 Å². The van der Waals surface area contributed by atoms with Crippen LogP contribution in [0.4, 0.5) is 0 Å². The summed E-state index contributed by atoms with van der Waals surface area (Å²) in [5.41, 5.74) is 8.29. The second kappa shape index (κ2) is 9.84. The lowest BCUT2D eigenvalue weighted by Gasteiger charge is -2.26. The molecular formula is C17H27IN4. The summed E-state index contributed by atoms with van der Waals surface area (Å²) in [5, 5.41) is 3.09. The lowest BCUT2D eigenvalue weighted by molar-refractivity contribution is 0.252. The fourth-order valence-electron chi connectivity index (χ4n) is 2.64. The third-order valence-electron chi connectivity index (χ3n) is 3.77. The predicted molar refractivity (Wildman–Crippen MR) is 105 cm³/mol. The Morgan fingerprint density at radius 3 is 2.55 bits per heavy atom. The first kappa shape index (κ1) is 19.0. The second-order valence-corrected chi connectivity index (χ2v) is 5.71. The van der Waals surface area contributed by atoms with Crippen LogP contribution < -0.4 is 11.1 Å². The molecule has 5 heteroatoms. The maximum absolute atomic E-state index is 5.93. The molecule has 1 unspecified atom stereocenters. The monoisotopic (exact) mass is 414 g/mol. The molecule has 0 amide bonds. The number of rotatable bonds is 6. The van der Waals surface area contributed by atoms with E-state index in [9.17, 15) is 0 Å². The number of hydrogen-bond donors (Lipinski definition) is 2. The fourth-order valence-corrected chi connectivity index (χ4v) is 2.64. The van der Waals surface area contributed by atoms with Gasteiger partial charge in [-0.05, 0) is 38.4 Å². The van der Waals surface area contributed by atoms with Crippen molar-refractivity contribution in [2.75, 3.05) is 26.2 Å². The summed E-state index contributed by atoms with van der Waals surface area (Å²) in [6.45, 7) is 9.48. The lowest BCUT2D eigenvalue weighted by Crippen LogP contribution is -2.34. The summed E-state index contributed by atoms with van der Waals surface area (Å²) in [6.07, 6.45) is 2.55. The van der Waals surface area contributed by atoms with Crippen LogP contribution in [0, 0.1) is 0 Å². The number of halogens is 1.